The first kappa shape index (κ1) is 7.84. The fourth-order valence-corrected chi connectivity index (χ4v) is 7.22. The van der Waals surface area contributed by atoms with E-state index < -0.39 is 0 Å². The van der Waals surface area contributed by atoms with Crippen molar-refractivity contribution < 1.29 is 0 Å². The molecule has 0 unspecified atom stereocenters. The molecule has 0 saturated heterocycles. The summed E-state index contributed by atoms with van der Waals surface area (Å²) in [7, 11) is 0. The van der Waals surface area contributed by atoms with Gasteiger partial charge in [0.05, 0.1) is 0 Å². The summed E-state index contributed by atoms with van der Waals surface area (Å²) in [5.41, 5.74) is 0. The van der Waals surface area contributed by atoms with Crippen molar-refractivity contribution >= 4 is 42.1 Å². The minimum absolute atomic E-state index is 0.821. The molecule has 1 aromatic rings. The molecule has 0 atom stereocenters. The summed E-state index contributed by atoms with van der Waals surface area (Å²) in [5.74, 6) is 0. The average Bonchev–Trinajstić information content (AvgIpc) is 2.34. The molecule has 0 bridgehead atoms. The van der Waals surface area contributed by atoms with E-state index in [9.17, 15) is 0 Å². The molecular formula is C6H8SSe2. The Morgan fingerprint density at radius 2 is 2.56 bits per heavy atom. The molecule has 1 aromatic heterocycles. The first-order chi connectivity index (χ1) is 4.43. The Bertz CT molecular complexity index is 148. The summed E-state index contributed by atoms with van der Waals surface area (Å²) in [6.45, 7) is 2.27. The van der Waals surface area contributed by atoms with Gasteiger partial charge in [-0.2, -0.15) is 0 Å². The van der Waals surface area contributed by atoms with E-state index in [-0.39, 0.29) is 0 Å². The molecule has 0 aliphatic heterocycles. The number of hydrogen-bond donors (Lipinski definition) is 0. The van der Waals surface area contributed by atoms with Gasteiger partial charge in [0.15, 0.2) is 0 Å². The van der Waals surface area contributed by atoms with Crippen molar-refractivity contribution in [2.75, 3.05) is 0 Å². The van der Waals surface area contributed by atoms with Crippen LogP contribution < -0.4 is 4.46 Å². The summed E-state index contributed by atoms with van der Waals surface area (Å²) in [5, 5.41) is 5.84. The molecule has 1 heterocycles. The van der Waals surface area contributed by atoms with Gasteiger partial charge in [-0.3, -0.25) is 0 Å². The van der Waals surface area contributed by atoms with Crippen LogP contribution >= 0.6 is 11.3 Å². The first-order valence-corrected chi connectivity index (χ1v) is 10.1. The van der Waals surface area contributed by atoms with Crippen molar-refractivity contribution in [2.45, 2.75) is 12.2 Å². The van der Waals surface area contributed by atoms with Crippen LogP contribution in [0, 0.1) is 0 Å². The second kappa shape index (κ2) is 4.54. The number of hydrogen-bond acceptors (Lipinski definition) is 1. The molecule has 0 radical (unpaired) electrons. The fourth-order valence-electron chi connectivity index (χ4n) is 0.426. The Kier molecular flexibility index (Phi) is 3.95. The molecule has 9 heavy (non-hydrogen) atoms. The van der Waals surface area contributed by atoms with E-state index >= 15 is 0 Å². The third kappa shape index (κ3) is 2.88. The Balaban J connectivity index is 2.30. The maximum atomic E-state index is 2.28. The van der Waals surface area contributed by atoms with E-state index in [1.54, 1.807) is 4.46 Å². The van der Waals surface area contributed by atoms with Gasteiger partial charge < -0.3 is 0 Å². The summed E-state index contributed by atoms with van der Waals surface area (Å²) in [6.07, 6.45) is 0. The van der Waals surface area contributed by atoms with E-state index in [1.807, 2.05) is 11.3 Å². The Hall–Kier alpha value is 0.739. The molecule has 0 N–H and O–H groups in total. The molecule has 50 valence electrons. The molecule has 0 spiro atoms. The van der Waals surface area contributed by atoms with Gasteiger partial charge >= 0.3 is 71.1 Å². The summed E-state index contributed by atoms with van der Waals surface area (Å²) < 4.78 is 1.59. The van der Waals surface area contributed by atoms with E-state index in [2.05, 4.69) is 23.8 Å². The quantitative estimate of drug-likeness (QED) is 0.722. The van der Waals surface area contributed by atoms with Crippen LogP contribution in [0.2, 0.25) is 5.32 Å². The van der Waals surface area contributed by atoms with Crippen LogP contribution in [0.4, 0.5) is 0 Å². The normalized spacial score (nSPS) is 9.89. The van der Waals surface area contributed by atoms with E-state index in [0.29, 0.717) is 0 Å². The zero-order valence-corrected chi connectivity index (χ0v) is 9.41. The second-order valence-corrected chi connectivity index (χ2v) is 9.66. The SMILES string of the molecule is CC[Se][Se]c1ccsc1. The van der Waals surface area contributed by atoms with Gasteiger partial charge in [-0.25, -0.2) is 0 Å². The van der Waals surface area contributed by atoms with Crippen molar-refractivity contribution in [3.8, 4) is 0 Å². The van der Waals surface area contributed by atoms with Crippen molar-refractivity contribution in [3.63, 3.8) is 0 Å². The third-order valence-corrected chi connectivity index (χ3v) is 9.42. The Labute approximate surface area is 70.9 Å². The molecule has 0 fully saturated rings. The van der Waals surface area contributed by atoms with Crippen LogP contribution in [0.3, 0.4) is 0 Å². The van der Waals surface area contributed by atoms with Crippen LogP contribution in [0.15, 0.2) is 16.8 Å². The predicted octanol–water partition coefficient (Wildman–Crippen LogP) is 1.14. The molecule has 0 aliphatic rings. The Morgan fingerprint density at radius 3 is 3.11 bits per heavy atom. The fraction of sp³-hybridized carbons (Fsp3) is 0.333. The third-order valence-electron chi connectivity index (χ3n) is 0.768. The zero-order chi connectivity index (χ0) is 6.53. The van der Waals surface area contributed by atoms with Gasteiger partial charge in [0, 0.05) is 0 Å². The molecule has 0 aliphatic carbocycles. The molecule has 3 heteroatoms. The van der Waals surface area contributed by atoms with Crippen LogP contribution in [-0.2, 0) is 0 Å². The van der Waals surface area contributed by atoms with E-state index in [1.165, 1.54) is 5.32 Å². The molecule has 0 saturated carbocycles. The van der Waals surface area contributed by atoms with Crippen LogP contribution in [-0.4, -0.2) is 26.3 Å². The topological polar surface area (TPSA) is 0 Å². The van der Waals surface area contributed by atoms with E-state index in [0.717, 1.165) is 26.3 Å². The van der Waals surface area contributed by atoms with E-state index in [4.69, 9.17) is 0 Å². The number of thiophene rings is 1. The van der Waals surface area contributed by atoms with Gasteiger partial charge in [-0.1, -0.05) is 0 Å². The summed E-state index contributed by atoms with van der Waals surface area (Å²) in [4.78, 5) is 0. The van der Waals surface area contributed by atoms with Crippen molar-refractivity contribution in [1.29, 1.82) is 0 Å². The monoisotopic (exact) mass is 272 g/mol. The van der Waals surface area contributed by atoms with Crippen molar-refractivity contribution in [1.82, 2.24) is 0 Å². The standard InChI is InChI=1S/C6H8SSe2/c1-2-8-9-6-3-4-7-5-6/h3-5H,2H2,1H3. The molecule has 0 amide bonds. The first-order valence-electron chi connectivity index (χ1n) is 2.75. The van der Waals surface area contributed by atoms with Crippen LogP contribution in [0.25, 0.3) is 0 Å². The molecule has 1 rings (SSSR count). The van der Waals surface area contributed by atoms with Crippen molar-refractivity contribution in [2.24, 2.45) is 0 Å². The van der Waals surface area contributed by atoms with Gasteiger partial charge in [0.2, 0.25) is 0 Å². The van der Waals surface area contributed by atoms with Gasteiger partial charge in [0.1, 0.15) is 0 Å². The molecular weight excluding hydrogens is 262 g/mol. The van der Waals surface area contributed by atoms with Gasteiger partial charge in [0.25, 0.3) is 0 Å². The van der Waals surface area contributed by atoms with Gasteiger partial charge in [-0.05, 0) is 0 Å². The summed E-state index contributed by atoms with van der Waals surface area (Å²) >= 11 is 3.55. The average molecular weight is 270 g/mol. The molecule has 0 aromatic carbocycles. The molecule has 0 nitrogen and oxygen atoms in total. The second-order valence-electron chi connectivity index (χ2n) is 1.45. The number of rotatable bonds is 3. The zero-order valence-electron chi connectivity index (χ0n) is 5.16. The van der Waals surface area contributed by atoms with Crippen molar-refractivity contribution in [3.05, 3.63) is 16.8 Å². The Morgan fingerprint density at radius 1 is 1.67 bits per heavy atom. The van der Waals surface area contributed by atoms with Crippen LogP contribution in [0.1, 0.15) is 6.92 Å². The predicted molar refractivity (Wildman–Crippen MR) is 45.9 cm³/mol. The van der Waals surface area contributed by atoms with Crippen LogP contribution in [0.5, 0.6) is 0 Å². The maximum absolute atomic E-state index is 2.28. The minimum atomic E-state index is 0.821. The summed E-state index contributed by atoms with van der Waals surface area (Å²) in [6, 6.07) is 2.25. The van der Waals surface area contributed by atoms with Gasteiger partial charge in [-0.15, -0.1) is 0 Å².